The molecule has 1 saturated heterocycles. The van der Waals surface area contributed by atoms with Gasteiger partial charge in [-0.2, -0.15) is 14.6 Å². The summed E-state index contributed by atoms with van der Waals surface area (Å²) in [4.78, 5) is 28.0. The molecule has 9 nitrogen and oxygen atoms in total. The van der Waals surface area contributed by atoms with Crippen LogP contribution in [0.3, 0.4) is 0 Å². The van der Waals surface area contributed by atoms with Crippen LogP contribution in [0.2, 0.25) is 0 Å². The van der Waals surface area contributed by atoms with Crippen molar-refractivity contribution in [1.82, 2.24) is 33.7 Å². The third kappa shape index (κ3) is 2.65. The summed E-state index contributed by atoms with van der Waals surface area (Å²) in [6, 6.07) is 5.87. The summed E-state index contributed by atoms with van der Waals surface area (Å²) in [7, 11) is 1.81. The molecule has 0 spiro atoms. The van der Waals surface area contributed by atoms with Crippen LogP contribution in [0, 0.1) is 12.8 Å². The van der Waals surface area contributed by atoms with Crippen molar-refractivity contribution in [3.8, 4) is 0 Å². The Morgan fingerprint density at radius 3 is 2.86 bits per heavy atom. The van der Waals surface area contributed by atoms with Crippen molar-refractivity contribution in [2.75, 3.05) is 18.0 Å². The van der Waals surface area contributed by atoms with E-state index < -0.39 is 0 Å². The van der Waals surface area contributed by atoms with E-state index in [0.29, 0.717) is 18.2 Å². The molecule has 0 atom stereocenters. The molecule has 144 valence electrons. The Kier molecular flexibility index (Phi) is 3.88. The first-order valence-corrected chi connectivity index (χ1v) is 9.54. The minimum absolute atomic E-state index is 0.00483. The fourth-order valence-corrected chi connectivity index (χ4v) is 4.14. The van der Waals surface area contributed by atoms with Gasteiger partial charge in [-0.05, 0) is 37.8 Å². The molecule has 0 amide bonds. The van der Waals surface area contributed by atoms with Gasteiger partial charge >= 0.3 is 5.69 Å². The highest BCUT2D eigenvalue weighted by atomic mass is 16.1. The van der Waals surface area contributed by atoms with Crippen LogP contribution in [0.4, 0.5) is 5.82 Å². The second-order valence-corrected chi connectivity index (χ2v) is 7.46. The molecule has 1 aliphatic rings. The number of nitrogens with zero attached hydrogens (tertiary/aromatic N) is 8. The van der Waals surface area contributed by atoms with Crippen molar-refractivity contribution in [2.45, 2.75) is 26.3 Å². The predicted molar refractivity (Wildman–Crippen MR) is 105 cm³/mol. The van der Waals surface area contributed by atoms with Crippen molar-refractivity contribution >= 4 is 22.8 Å². The highest BCUT2D eigenvalue weighted by molar-refractivity contribution is 5.71. The number of aromatic nitrogens is 7. The van der Waals surface area contributed by atoms with E-state index in [4.69, 9.17) is 0 Å². The second kappa shape index (κ2) is 6.43. The number of pyridine rings is 1. The first kappa shape index (κ1) is 16.9. The number of anilines is 1. The molecule has 1 aliphatic heterocycles. The van der Waals surface area contributed by atoms with Crippen LogP contribution < -0.4 is 10.6 Å². The molecule has 0 N–H and O–H groups in total. The molecule has 5 heterocycles. The first-order valence-electron chi connectivity index (χ1n) is 9.54. The Morgan fingerprint density at radius 2 is 2.04 bits per heavy atom. The zero-order valence-corrected chi connectivity index (χ0v) is 16.0. The van der Waals surface area contributed by atoms with Crippen molar-refractivity contribution in [3.63, 3.8) is 0 Å². The van der Waals surface area contributed by atoms with Crippen LogP contribution in [0.15, 0.2) is 35.5 Å². The lowest BCUT2D eigenvalue weighted by molar-refractivity contribution is 0.353. The van der Waals surface area contributed by atoms with Gasteiger partial charge in [0.15, 0.2) is 5.65 Å². The Balaban J connectivity index is 1.36. The zero-order chi connectivity index (χ0) is 19.3. The maximum absolute atomic E-state index is 12.7. The standard InChI is InChI=1S/C19H22N8O/c1-13-10-16(27-18(23-13)21-12-22-27)25-8-5-14(6-9-25)11-26-17-15(4-3-7-20-17)24(2)19(26)28/h3-4,7,10,12,14H,5-6,8-9,11H2,1-2H3. The third-order valence-corrected chi connectivity index (χ3v) is 5.64. The van der Waals surface area contributed by atoms with Gasteiger partial charge in [-0.1, -0.05) is 0 Å². The first-order chi connectivity index (χ1) is 13.6. The molecule has 0 aromatic carbocycles. The molecule has 5 rings (SSSR count). The highest BCUT2D eigenvalue weighted by Crippen LogP contribution is 2.25. The summed E-state index contributed by atoms with van der Waals surface area (Å²) in [5, 5.41) is 4.32. The molecule has 4 aromatic rings. The Hall–Kier alpha value is -3.23. The summed E-state index contributed by atoms with van der Waals surface area (Å²) in [5.74, 6) is 2.10. The third-order valence-electron chi connectivity index (χ3n) is 5.64. The van der Waals surface area contributed by atoms with Gasteiger partial charge in [-0.15, -0.1) is 0 Å². The fraction of sp³-hybridized carbons (Fsp3) is 0.421. The smallest absolute Gasteiger partial charge is 0.330 e. The Labute approximate surface area is 161 Å². The van der Waals surface area contributed by atoms with Gasteiger partial charge in [-0.25, -0.2) is 14.8 Å². The Morgan fingerprint density at radius 1 is 1.21 bits per heavy atom. The maximum atomic E-state index is 12.7. The molecule has 0 radical (unpaired) electrons. The minimum Gasteiger partial charge on any atom is -0.356 e. The van der Waals surface area contributed by atoms with Crippen LogP contribution in [0.1, 0.15) is 18.5 Å². The predicted octanol–water partition coefficient (Wildman–Crippen LogP) is 1.40. The van der Waals surface area contributed by atoms with Crippen LogP contribution in [0.5, 0.6) is 0 Å². The monoisotopic (exact) mass is 378 g/mol. The largest absolute Gasteiger partial charge is 0.356 e. The molecular formula is C19H22N8O. The van der Waals surface area contributed by atoms with Gasteiger partial charge in [0, 0.05) is 44.6 Å². The van der Waals surface area contributed by atoms with Gasteiger partial charge in [0.1, 0.15) is 12.1 Å². The summed E-state index contributed by atoms with van der Waals surface area (Å²) >= 11 is 0. The molecule has 1 fully saturated rings. The molecule has 0 aliphatic carbocycles. The van der Waals surface area contributed by atoms with E-state index >= 15 is 0 Å². The minimum atomic E-state index is 0.00483. The fourth-order valence-electron chi connectivity index (χ4n) is 4.14. The van der Waals surface area contributed by atoms with E-state index in [2.05, 4.69) is 31.0 Å². The lowest BCUT2D eigenvalue weighted by Crippen LogP contribution is -2.37. The van der Waals surface area contributed by atoms with Crippen molar-refractivity contribution in [1.29, 1.82) is 0 Å². The highest BCUT2D eigenvalue weighted by Gasteiger charge is 2.24. The van der Waals surface area contributed by atoms with Crippen molar-refractivity contribution in [3.05, 3.63) is 46.9 Å². The van der Waals surface area contributed by atoms with E-state index in [1.807, 2.05) is 23.6 Å². The van der Waals surface area contributed by atoms with Crippen LogP contribution in [-0.2, 0) is 13.6 Å². The molecule has 28 heavy (non-hydrogen) atoms. The average molecular weight is 378 g/mol. The quantitative estimate of drug-likeness (QED) is 0.536. The number of aryl methyl sites for hydroxylation is 2. The van der Waals surface area contributed by atoms with E-state index in [1.165, 1.54) is 6.33 Å². The molecular weight excluding hydrogens is 356 g/mol. The van der Waals surface area contributed by atoms with Gasteiger partial charge in [0.05, 0.1) is 5.52 Å². The van der Waals surface area contributed by atoms with E-state index in [1.54, 1.807) is 22.3 Å². The number of piperidine rings is 1. The molecule has 0 saturated carbocycles. The van der Waals surface area contributed by atoms with E-state index in [9.17, 15) is 4.79 Å². The normalized spacial score (nSPS) is 15.7. The zero-order valence-electron chi connectivity index (χ0n) is 16.0. The maximum Gasteiger partial charge on any atom is 0.330 e. The van der Waals surface area contributed by atoms with Gasteiger partial charge in [-0.3, -0.25) is 9.13 Å². The summed E-state index contributed by atoms with van der Waals surface area (Å²) in [6.07, 6.45) is 5.30. The van der Waals surface area contributed by atoms with Crippen molar-refractivity contribution < 1.29 is 0 Å². The molecule has 0 bridgehead atoms. The number of hydrogen-bond acceptors (Lipinski definition) is 6. The SMILES string of the molecule is Cc1cc(N2CCC(Cn3c(=O)n(C)c4cccnc43)CC2)n2ncnc2n1. The molecule has 9 heteroatoms. The average Bonchev–Trinajstić information content (AvgIpc) is 3.27. The number of imidazole rings is 1. The van der Waals surface area contributed by atoms with Gasteiger partial charge in [0.25, 0.3) is 5.78 Å². The van der Waals surface area contributed by atoms with E-state index in [-0.39, 0.29) is 5.69 Å². The summed E-state index contributed by atoms with van der Waals surface area (Å²) in [5.41, 5.74) is 2.59. The Bertz CT molecular complexity index is 1210. The van der Waals surface area contributed by atoms with Crippen LogP contribution in [-0.4, -0.2) is 46.8 Å². The van der Waals surface area contributed by atoms with Gasteiger partial charge in [0.2, 0.25) is 0 Å². The van der Waals surface area contributed by atoms with Gasteiger partial charge < -0.3 is 4.90 Å². The van der Waals surface area contributed by atoms with Crippen molar-refractivity contribution in [2.24, 2.45) is 13.0 Å². The number of rotatable bonds is 3. The van der Waals surface area contributed by atoms with Crippen LogP contribution in [0.25, 0.3) is 16.9 Å². The topological polar surface area (TPSA) is 86.1 Å². The van der Waals surface area contributed by atoms with E-state index in [0.717, 1.165) is 48.6 Å². The molecule has 4 aromatic heterocycles. The number of fused-ring (bicyclic) bond motifs is 2. The van der Waals surface area contributed by atoms with Crippen LogP contribution >= 0.6 is 0 Å². The number of hydrogen-bond donors (Lipinski definition) is 0. The lowest BCUT2D eigenvalue weighted by atomic mass is 9.96. The summed E-state index contributed by atoms with van der Waals surface area (Å²) in [6.45, 7) is 4.51. The lowest BCUT2D eigenvalue weighted by Gasteiger charge is -2.33. The summed E-state index contributed by atoms with van der Waals surface area (Å²) < 4.78 is 5.30. The molecule has 0 unspecified atom stereocenters. The second-order valence-electron chi connectivity index (χ2n) is 7.46.